The Morgan fingerprint density at radius 1 is 1.08 bits per heavy atom. The zero-order valence-corrected chi connectivity index (χ0v) is 15.4. The maximum absolute atomic E-state index is 10.9. The summed E-state index contributed by atoms with van der Waals surface area (Å²) in [4.78, 5) is 17.7. The van der Waals surface area contributed by atoms with E-state index in [1.165, 1.54) is 34.7 Å². The topological polar surface area (TPSA) is 66.8 Å². The van der Waals surface area contributed by atoms with Crippen LogP contribution >= 0.6 is 7.82 Å². The van der Waals surface area contributed by atoms with Crippen molar-refractivity contribution < 1.29 is 18.9 Å². The predicted octanol–water partition coefficient (Wildman–Crippen LogP) is 4.96. The van der Waals surface area contributed by atoms with E-state index in [4.69, 9.17) is 9.79 Å². The van der Waals surface area contributed by atoms with E-state index in [1.54, 1.807) is 0 Å². The van der Waals surface area contributed by atoms with Crippen molar-refractivity contribution in [3.05, 3.63) is 47.5 Å². The quantitative estimate of drug-likeness (QED) is 0.565. The first-order chi connectivity index (χ1) is 12.0. The van der Waals surface area contributed by atoms with Crippen LogP contribution in [0.2, 0.25) is 0 Å². The Bertz CT molecular complexity index is 822. The van der Waals surface area contributed by atoms with E-state index < -0.39 is 7.82 Å². The molecule has 2 aromatic carbocycles. The van der Waals surface area contributed by atoms with Crippen LogP contribution < -0.4 is 0 Å². The zero-order valence-electron chi connectivity index (χ0n) is 14.5. The second kappa shape index (κ2) is 6.51. The van der Waals surface area contributed by atoms with Crippen LogP contribution in [0.3, 0.4) is 0 Å². The summed E-state index contributed by atoms with van der Waals surface area (Å²) >= 11 is 0. The molecular weight excluding hydrogens is 335 g/mol. The van der Waals surface area contributed by atoms with E-state index in [-0.39, 0.29) is 6.61 Å². The highest BCUT2D eigenvalue weighted by Crippen LogP contribution is 2.61. The molecule has 2 aromatic rings. The molecule has 5 heteroatoms. The molecule has 0 saturated heterocycles. The molecule has 0 aliphatic heterocycles. The minimum absolute atomic E-state index is 0.131. The van der Waals surface area contributed by atoms with Gasteiger partial charge in [-0.2, -0.15) is 0 Å². The van der Waals surface area contributed by atoms with Crippen LogP contribution in [0, 0.1) is 11.8 Å². The molecule has 2 aliphatic rings. The molecule has 0 bridgehead atoms. The molecule has 0 amide bonds. The van der Waals surface area contributed by atoms with Gasteiger partial charge in [0.25, 0.3) is 0 Å². The standard InChI is InChI=1S/C20H25O4P/c1-2-13-12-15(8-5-11-24-25(21,22)23)20-17-10-4-7-14-6-3-9-16(18(14)17)19(13)20/h3-4,6-7,9-10,13,15,19-20H,2,5,8,11-12H2,1H3,(H2,21,22,23). The zero-order chi connectivity index (χ0) is 17.6. The average Bonchev–Trinajstić information content (AvgIpc) is 3.10. The van der Waals surface area contributed by atoms with Gasteiger partial charge in [0.1, 0.15) is 0 Å². The number of fused-ring (bicyclic) bond motifs is 3. The molecule has 0 spiro atoms. The van der Waals surface area contributed by atoms with Crippen LogP contribution in [-0.4, -0.2) is 16.4 Å². The molecule has 0 heterocycles. The molecule has 4 unspecified atom stereocenters. The summed E-state index contributed by atoms with van der Waals surface area (Å²) in [6.07, 6.45) is 4.04. The molecule has 2 aliphatic carbocycles. The SMILES string of the molecule is CCC1CC(CCCOP(=O)(O)O)C2c3cccc4cccc(c34)C12. The molecule has 4 nitrogen and oxygen atoms in total. The molecule has 1 saturated carbocycles. The Morgan fingerprint density at radius 2 is 1.72 bits per heavy atom. The van der Waals surface area contributed by atoms with Crippen LogP contribution in [0.1, 0.15) is 55.6 Å². The molecular formula is C20H25O4P. The van der Waals surface area contributed by atoms with Gasteiger partial charge in [-0.3, -0.25) is 4.52 Å². The minimum Gasteiger partial charge on any atom is -0.303 e. The van der Waals surface area contributed by atoms with Gasteiger partial charge in [-0.05, 0) is 64.8 Å². The highest BCUT2D eigenvalue weighted by atomic mass is 31.2. The van der Waals surface area contributed by atoms with Gasteiger partial charge < -0.3 is 9.79 Å². The van der Waals surface area contributed by atoms with E-state index in [0.29, 0.717) is 30.1 Å². The summed E-state index contributed by atoms with van der Waals surface area (Å²) < 4.78 is 15.5. The third-order valence-electron chi connectivity index (χ3n) is 6.20. The van der Waals surface area contributed by atoms with Gasteiger partial charge in [0, 0.05) is 0 Å². The third-order valence-corrected chi connectivity index (χ3v) is 6.72. The summed E-state index contributed by atoms with van der Waals surface area (Å²) in [7, 11) is -4.35. The average molecular weight is 360 g/mol. The minimum atomic E-state index is -4.35. The van der Waals surface area contributed by atoms with Crippen molar-refractivity contribution in [1.82, 2.24) is 0 Å². The maximum atomic E-state index is 10.9. The van der Waals surface area contributed by atoms with Gasteiger partial charge in [-0.25, -0.2) is 4.57 Å². The second-order valence-electron chi connectivity index (χ2n) is 7.47. The molecule has 1 fully saturated rings. The molecule has 2 N–H and O–H groups in total. The van der Waals surface area contributed by atoms with E-state index in [1.807, 2.05) is 0 Å². The smallest absolute Gasteiger partial charge is 0.303 e. The number of phosphoric ester groups is 1. The third kappa shape index (κ3) is 3.06. The van der Waals surface area contributed by atoms with Gasteiger partial charge in [0.05, 0.1) is 6.61 Å². The monoisotopic (exact) mass is 360 g/mol. The largest absolute Gasteiger partial charge is 0.469 e. The molecule has 4 atom stereocenters. The van der Waals surface area contributed by atoms with Gasteiger partial charge in [0.15, 0.2) is 0 Å². The van der Waals surface area contributed by atoms with Crippen molar-refractivity contribution in [2.24, 2.45) is 11.8 Å². The van der Waals surface area contributed by atoms with Crippen molar-refractivity contribution in [3.63, 3.8) is 0 Å². The molecule has 0 radical (unpaired) electrons. The summed E-state index contributed by atoms with van der Waals surface area (Å²) in [5, 5.41) is 2.79. The van der Waals surface area contributed by atoms with Gasteiger partial charge in [0.2, 0.25) is 0 Å². The Labute approximate surface area is 148 Å². The summed E-state index contributed by atoms with van der Waals surface area (Å²) in [5.41, 5.74) is 2.99. The first-order valence-electron chi connectivity index (χ1n) is 9.21. The molecule has 4 rings (SSSR count). The lowest BCUT2D eigenvalue weighted by atomic mass is 9.83. The van der Waals surface area contributed by atoms with Crippen molar-refractivity contribution >= 4 is 18.6 Å². The fourth-order valence-corrected chi connectivity index (χ4v) is 5.73. The van der Waals surface area contributed by atoms with E-state index in [9.17, 15) is 4.57 Å². The first-order valence-corrected chi connectivity index (χ1v) is 10.7. The number of phosphoric acid groups is 1. The van der Waals surface area contributed by atoms with E-state index in [0.717, 1.165) is 6.42 Å². The second-order valence-corrected chi connectivity index (χ2v) is 8.71. The first kappa shape index (κ1) is 17.2. The van der Waals surface area contributed by atoms with E-state index >= 15 is 0 Å². The lowest BCUT2D eigenvalue weighted by Crippen LogP contribution is -2.09. The summed E-state index contributed by atoms with van der Waals surface area (Å²) in [6, 6.07) is 13.3. The number of hydrogen-bond acceptors (Lipinski definition) is 2. The van der Waals surface area contributed by atoms with Crippen LogP contribution in [0.15, 0.2) is 36.4 Å². The Balaban J connectivity index is 1.59. The lowest BCUT2D eigenvalue weighted by molar-refractivity contribution is 0.189. The van der Waals surface area contributed by atoms with Gasteiger partial charge in [-0.15, -0.1) is 0 Å². The predicted molar refractivity (Wildman–Crippen MR) is 98.5 cm³/mol. The Morgan fingerprint density at radius 3 is 2.32 bits per heavy atom. The van der Waals surface area contributed by atoms with Crippen LogP contribution in [0.5, 0.6) is 0 Å². The maximum Gasteiger partial charge on any atom is 0.469 e. The van der Waals surface area contributed by atoms with Crippen LogP contribution in [-0.2, 0) is 9.09 Å². The van der Waals surface area contributed by atoms with Crippen molar-refractivity contribution in [1.29, 1.82) is 0 Å². The Hall–Kier alpha value is -1.19. The van der Waals surface area contributed by atoms with Crippen molar-refractivity contribution in [3.8, 4) is 0 Å². The molecule has 0 aromatic heterocycles. The fraction of sp³-hybridized carbons (Fsp3) is 0.500. The fourth-order valence-electron chi connectivity index (χ4n) is 5.37. The number of rotatable bonds is 6. The van der Waals surface area contributed by atoms with Gasteiger partial charge in [-0.1, -0.05) is 49.7 Å². The van der Waals surface area contributed by atoms with Crippen LogP contribution in [0.25, 0.3) is 10.8 Å². The number of hydrogen-bond donors (Lipinski definition) is 2. The van der Waals surface area contributed by atoms with Crippen molar-refractivity contribution in [2.75, 3.05) is 6.61 Å². The van der Waals surface area contributed by atoms with E-state index in [2.05, 4.69) is 47.8 Å². The lowest BCUT2D eigenvalue weighted by Gasteiger charge is -2.21. The van der Waals surface area contributed by atoms with Crippen molar-refractivity contribution in [2.45, 2.75) is 44.4 Å². The summed E-state index contributed by atoms with van der Waals surface area (Å²) in [6.45, 7) is 2.41. The summed E-state index contributed by atoms with van der Waals surface area (Å²) in [5.74, 6) is 2.39. The molecule has 134 valence electrons. The van der Waals surface area contributed by atoms with Crippen LogP contribution in [0.4, 0.5) is 0 Å². The van der Waals surface area contributed by atoms with Gasteiger partial charge >= 0.3 is 7.82 Å². The number of benzene rings is 2. The highest BCUT2D eigenvalue weighted by molar-refractivity contribution is 7.46. The normalized spacial score (nSPS) is 27.8. The Kier molecular flexibility index (Phi) is 4.49. The highest BCUT2D eigenvalue weighted by Gasteiger charge is 2.47. The molecule has 25 heavy (non-hydrogen) atoms.